The predicted octanol–water partition coefficient (Wildman–Crippen LogP) is 3.64. The van der Waals surface area contributed by atoms with Gasteiger partial charge >= 0.3 is 5.97 Å². The maximum Gasteiger partial charge on any atom is 0.305 e. The predicted molar refractivity (Wildman–Crippen MR) is 120 cm³/mol. The minimum atomic E-state index is -0.492. The average Bonchev–Trinajstić information content (AvgIpc) is 3.05. The fraction of sp³-hybridized carbons (Fsp3) is 0.720. The Morgan fingerprint density at radius 3 is 2.26 bits per heavy atom. The zero-order chi connectivity index (χ0) is 22.6. The lowest BCUT2D eigenvalue weighted by molar-refractivity contribution is -0.140. The van der Waals surface area contributed by atoms with E-state index < -0.39 is 18.3 Å². The van der Waals surface area contributed by atoms with Crippen LogP contribution in [0, 0.1) is 11.8 Å². The molecule has 1 aromatic rings. The zero-order valence-corrected chi connectivity index (χ0v) is 19.0. The summed E-state index contributed by atoms with van der Waals surface area (Å²) in [6, 6.07) is 7.89. The van der Waals surface area contributed by atoms with Crippen LogP contribution in [-0.4, -0.2) is 53.8 Å². The second kappa shape index (κ2) is 13.7. The van der Waals surface area contributed by atoms with Gasteiger partial charge in [0.2, 0.25) is 0 Å². The number of ether oxygens (including phenoxy) is 2. The summed E-state index contributed by atoms with van der Waals surface area (Å²) in [5, 5.41) is 31.3. The van der Waals surface area contributed by atoms with Crippen molar-refractivity contribution in [2.24, 2.45) is 11.8 Å². The number of carbonyl (C=O) groups is 1. The maximum absolute atomic E-state index is 11.1. The highest BCUT2D eigenvalue weighted by molar-refractivity contribution is 5.68. The molecule has 1 fully saturated rings. The number of aliphatic hydroxyl groups excluding tert-OH is 3. The van der Waals surface area contributed by atoms with Gasteiger partial charge in [0.15, 0.2) is 0 Å². The van der Waals surface area contributed by atoms with Crippen molar-refractivity contribution >= 4 is 5.97 Å². The molecule has 1 aliphatic rings. The molecule has 0 saturated heterocycles. The summed E-state index contributed by atoms with van der Waals surface area (Å²) in [5.41, 5.74) is 1.17. The molecule has 1 unspecified atom stereocenters. The van der Waals surface area contributed by atoms with Gasteiger partial charge in [0.1, 0.15) is 5.75 Å². The third-order valence-corrected chi connectivity index (χ3v) is 6.68. The standard InChI is InChI=1S/C25H40O6/c1-30-20-14-10-18(11-15-20)9-12-19(26)13-16-22-21(23(27)17-24(22)28)7-5-3-4-6-8-25(29)31-2/h10-11,14-15,19,21-24,26-28H,3-9,12-13,16-17H2,1-2H3/t19-,21+,22?,23-,24+/m0/s1. The van der Waals surface area contributed by atoms with Gasteiger partial charge in [-0.15, -0.1) is 0 Å². The third kappa shape index (κ3) is 8.79. The number of hydrogen-bond donors (Lipinski definition) is 3. The molecule has 1 aromatic carbocycles. The Morgan fingerprint density at radius 2 is 1.61 bits per heavy atom. The molecule has 0 aromatic heterocycles. The van der Waals surface area contributed by atoms with Crippen LogP contribution >= 0.6 is 0 Å². The first-order valence-corrected chi connectivity index (χ1v) is 11.7. The molecule has 0 bridgehead atoms. The molecule has 5 atom stereocenters. The molecule has 31 heavy (non-hydrogen) atoms. The fourth-order valence-electron chi connectivity index (χ4n) is 4.74. The van der Waals surface area contributed by atoms with E-state index in [2.05, 4.69) is 4.74 Å². The quantitative estimate of drug-likeness (QED) is 0.304. The Labute approximate surface area is 186 Å². The number of esters is 1. The highest BCUT2D eigenvalue weighted by atomic mass is 16.5. The van der Waals surface area contributed by atoms with Crippen LogP contribution in [0.3, 0.4) is 0 Å². The molecule has 1 saturated carbocycles. The zero-order valence-electron chi connectivity index (χ0n) is 19.0. The summed E-state index contributed by atoms with van der Waals surface area (Å²) >= 11 is 0. The monoisotopic (exact) mass is 436 g/mol. The molecule has 0 heterocycles. The number of aliphatic hydroxyl groups is 3. The minimum Gasteiger partial charge on any atom is -0.497 e. The van der Waals surface area contributed by atoms with Crippen molar-refractivity contribution in [3.05, 3.63) is 29.8 Å². The number of hydrogen-bond acceptors (Lipinski definition) is 6. The number of carbonyl (C=O) groups excluding carboxylic acids is 1. The van der Waals surface area contributed by atoms with Crippen molar-refractivity contribution in [1.29, 1.82) is 0 Å². The Balaban J connectivity index is 1.69. The Bertz CT molecular complexity index is 631. The van der Waals surface area contributed by atoms with E-state index in [0.717, 1.165) is 50.7 Å². The summed E-state index contributed by atoms with van der Waals surface area (Å²) in [6.07, 6.45) is 7.03. The first-order valence-electron chi connectivity index (χ1n) is 11.7. The summed E-state index contributed by atoms with van der Waals surface area (Å²) in [4.78, 5) is 11.1. The van der Waals surface area contributed by atoms with Crippen LogP contribution in [0.1, 0.15) is 69.8 Å². The molecule has 0 radical (unpaired) electrons. The topological polar surface area (TPSA) is 96.2 Å². The Morgan fingerprint density at radius 1 is 0.968 bits per heavy atom. The highest BCUT2D eigenvalue weighted by Crippen LogP contribution is 2.39. The average molecular weight is 437 g/mol. The molecule has 176 valence electrons. The molecular weight excluding hydrogens is 396 g/mol. The molecule has 2 rings (SSSR count). The van der Waals surface area contributed by atoms with Gasteiger partial charge in [0.25, 0.3) is 0 Å². The smallest absolute Gasteiger partial charge is 0.305 e. The van der Waals surface area contributed by atoms with E-state index >= 15 is 0 Å². The molecule has 3 N–H and O–H groups in total. The summed E-state index contributed by atoms with van der Waals surface area (Å²) < 4.78 is 9.82. The van der Waals surface area contributed by atoms with Crippen LogP contribution in [0.15, 0.2) is 24.3 Å². The van der Waals surface area contributed by atoms with Crippen LogP contribution in [0.5, 0.6) is 5.75 Å². The second-order valence-electron chi connectivity index (χ2n) is 8.85. The molecule has 0 amide bonds. The minimum absolute atomic E-state index is 0.0423. The summed E-state index contributed by atoms with van der Waals surface area (Å²) in [7, 11) is 3.05. The van der Waals surface area contributed by atoms with E-state index in [1.165, 1.54) is 12.7 Å². The van der Waals surface area contributed by atoms with Crippen molar-refractivity contribution in [3.8, 4) is 5.75 Å². The van der Waals surface area contributed by atoms with E-state index in [0.29, 0.717) is 25.7 Å². The van der Waals surface area contributed by atoms with Gasteiger partial charge in [0.05, 0.1) is 32.5 Å². The van der Waals surface area contributed by atoms with Crippen molar-refractivity contribution < 1.29 is 29.6 Å². The van der Waals surface area contributed by atoms with Crippen LogP contribution < -0.4 is 4.74 Å². The first kappa shape index (κ1) is 25.6. The normalized spacial score (nSPS) is 24.2. The van der Waals surface area contributed by atoms with Crippen LogP contribution in [0.4, 0.5) is 0 Å². The largest absolute Gasteiger partial charge is 0.497 e. The molecule has 6 nitrogen and oxygen atoms in total. The number of unbranched alkanes of at least 4 members (excludes halogenated alkanes) is 3. The van der Waals surface area contributed by atoms with Crippen molar-refractivity contribution in [2.45, 2.75) is 88.9 Å². The number of rotatable bonds is 14. The van der Waals surface area contributed by atoms with Crippen LogP contribution in [0.25, 0.3) is 0 Å². The molecule has 0 aliphatic heterocycles. The molecule has 0 spiro atoms. The van der Waals surface area contributed by atoms with Crippen LogP contribution in [0.2, 0.25) is 0 Å². The van der Waals surface area contributed by atoms with E-state index in [1.807, 2.05) is 24.3 Å². The van der Waals surface area contributed by atoms with Gasteiger partial charge in [-0.1, -0.05) is 31.4 Å². The van der Waals surface area contributed by atoms with Gasteiger partial charge < -0.3 is 24.8 Å². The Hall–Kier alpha value is -1.63. The number of benzene rings is 1. The van der Waals surface area contributed by atoms with Crippen molar-refractivity contribution in [1.82, 2.24) is 0 Å². The fourth-order valence-corrected chi connectivity index (χ4v) is 4.74. The van der Waals surface area contributed by atoms with E-state index in [4.69, 9.17) is 4.74 Å². The maximum atomic E-state index is 11.1. The van der Waals surface area contributed by atoms with Gasteiger partial charge in [-0.3, -0.25) is 4.79 Å². The number of aryl methyl sites for hydroxylation is 1. The SMILES string of the molecule is COC(=O)CCCCCC[C@@H]1C(CC[C@@H](O)CCc2ccc(OC)cc2)[C@H](O)C[C@@H]1O. The highest BCUT2D eigenvalue weighted by Gasteiger charge is 2.40. The Kier molecular flexibility index (Phi) is 11.3. The summed E-state index contributed by atoms with van der Waals surface area (Å²) in [6.45, 7) is 0. The van der Waals surface area contributed by atoms with Gasteiger partial charge in [-0.05, 0) is 74.5 Å². The second-order valence-corrected chi connectivity index (χ2v) is 8.85. The van der Waals surface area contributed by atoms with Gasteiger partial charge in [-0.25, -0.2) is 0 Å². The molecule has 1 aliphatic carbocycles. The number of methoxy groups -OCH3 is 2. The lowest BCUT2D eigenvalue weighted by Crippen LogP contribution is -2.24. The van der Waals surface area contributed by atoms with Gasteiger partial charge in [0, 0.05) is 6.42 Å². The van der Waals surface area contributed by atoms with Crippen LogP contribution in [-0.2, 0) is 16.0 Å². The first-order chi connectivity index (χ1) is 14.9. The molecule has 6 heteroatoms. The lowest BCUT2D eigenvalue weighted by Gasteiger charge is -2.24. The van der Waals surface area contributed by atoms with Gasteiger partial charge in [-0.2, -0.15) is 0 Å². The van der Waals surface area contributed by atoms with Crippen molar-refractivity contribution in [3.63, 3.8) is 0 Å². The van der Waals surface area contributed by atoms with E-state index in [-0.39, 0.29) is 17.8 Å². The summed E-state index contributed by atoms with van der Waals surface area (Å²) in [5.74, 6) is 0.789. The lowest BCUT2D eigenvalue weighted by atomic mass is 9.84. The molecular formula is C25H40O6. The van der Waals surface area contributed by atoms with E-state index in [1.54, 1.807) is 7.11 Å². The van der Waals surface area contributed by atoms with E-state index in [9.17, 15) is 20.1 Å². The third-order valence-electron chi connectivity index (χ3n) is 6.68. The van der Waals surface area contributed by atoms with Crippen molar-refractivity contribution in [2.75, 3.05) is 14.2 Å².